The van der Waals surface area contributed by atoms with Gasteiger partial charge in [-0.15, -0.1) is 10.2 Å². The summed E-state index contributed by atoms with van der Waals surface area (Å²) in [6, 6.07) is 14.3. The van der Waals surface area contributed by atoms with E-state index in [1.54, 1.807) is 18.2 Å². The summed E-state index contributed by atoms with van der Waals surface area (Å²) < 4.78 is 32.9. The monoisotopic (exact) mass is 432 g/mol. The summed E-state index contributed by atoms with van der Waals surface area (Å²) in [6.07, 6.45) is 0. The van der Waals surface area contributed by atoms with E-state index in [2.05, 4.69) is 15.1 Å². The first-order valence-corrected chi connectivity index (χ1v) is 11.1. The molecule has 1 aromatic heterocycles. The molecule has 152 valence electrons. The fourth-order valence-electron chi connectivity index (χ4n) is 3.23. The molecular formula is C20H21ClN4O3S. The first kappa shape index (κ1) is 20.0. The van der Waals surface area contributed by atoms with Crippen molar-refractivity contribution in [3.63, 3.8) is 0 Å². The van der Waals surface area contributed by atoms with Crippen molar-refractivity contribution in [1.82, 2.24) is 19.4 Å². The maximum atomic E-state index is 12.8. The van der Waals surface area contributed by atoms with Gasteiger partial charge in [0.05, 0.1) is 11.4 Å². The summed E-state index contributed by atoms with van der Waals surface area (Å²) in [4.78, 5) is 2.33. The Hall–Kier alpha value is -2.26. The van der Waals surface area contributed by atoms with Crippen LogP contribution in [0.3, 0.4) is 0 Å². The third-order valence-electron chi connectivity index (χ3n) is 4.89. The quantitative estimate of drug-likeness (QED) is 0.616. The van der Waals surface area contributed by atoms with E-state index in [-0.39, 0.29) is 4.90 Å². The van der Waals surface area contributed by atoms with Gasteiger partial charge in [0, 0.05) is 36.8 Å². The summed E-state index contributed by atoms with van der Waals surface area (Å²) in [7, 11) is -3.55. The number of aromatic nitrogens is 2. The van der Waals surface area contributed by atoms with Gasteiger partial charge >= 0.3 is 0 Å². The second-order valence-corrected chi connectivity index (χ2v) is 9.38. The van der Waals surface area contributed by atoms with E-state index < -0.39 is 10.0 Å². The molecule has 0 saturated carbocycles. The third kappa shape index (κ3) is 4.51. The molecule has 0 radical (unpaired) electrons. The number of rotatable bonds is 5. The number of aryl methyl sites for hydroxylation is 1. The molecule has 0 bridgehead atoms. The van der Waals surface area contributed by atoms with Crippen molar-refractivity contribution in [1.29, 1.82) is 0 Å². The molecule has 1 saturated heterocycles. The minimum Gasteiger partial charge on any atom is -0.419 e. The molecule has 0 N–H and O–H groups in total. The zero-order valence-corrected chi connectivity index (χ0v) is 17.5. The molecular weight excluding hydrogens is 412 g/mol. The molecule has 1 fully saturated rings. The first-order valence-electron chi connectivity index (χ1n) is 9.29. The van der Waals surface area contributed by atoms with E-state index in [4.69, 9.17) is 16.0 Å². The number of nitrogens with zero attached hydrogens (tertiary/aromatic N) is 4. The van der Waals surface area contributed by atoms with Crippen LogP contribution in [0.1, 0.15) is 11.5 Å². The fourth-order valence-corrected chi connectivity index (χ4v) is 4.95. The molecule has 7 nitrogen and oxygen atoms in total. The van der Waals surface area contributed by atoms with Gasteiger partial charge in [-0.25, -0.2) is 8.42 Å². The number of halogens is 1. The van der Waals surface area contributed by atoms with Crippen LogP contribution in [0, 0.1) is 6.92 Å². The zero-order valence-electron chi connectivity index (χ0n) is 16.0. The second-order valence-electron chi connectivity index (χ2n) is 7.00. The highest BCUT2D eigenvalue weighted by atomic mass is 35.5. The Balaban J connectivity index is 1.37. The number of piperazine rings is 1. The van der Waals surface area contributed by atoms with Gasteiger partial charge in [0.15, 0.2) is 0 Å². The minimum atomic E-state index is -3.55. The summed E-state index contributed by atoms with van der Waals surface area (Å²) in [6.45, 7) is 4.48. The molecule has 9 heteroatoms. The molecule has 2 heterocycles. The Kier molecular flexibility index (Phi) is 5.69. The van der Waals surface area contributed by atoms with Crippen LogP contribution in [-0.2, 0) is 16.6 Å². The Bertz CT molecular complexity index is 1090. The SMILES string of the molecule is Cc1ccc(-c2nnc(CN3CCN(S(=O)(=O)c4cccc(Cl)c4)CC3)o2)cc1. The summed E-state index contributed by atoms with van der Waals surface area (Å²) >= 11 is 5.94. The number of hydrogen-bond acceptors (Lipinski definition) is 6. The standard InChI is InChI=1S/C20H21ClN4O3S/c1-15-5-7-16(8-6-15)20-23-22-19(28-20)14-24-9-11-25(12-10-24)29(26,27)18-4-2-3-17(21)13-18/h2-8,13H,9-12,14H2,1H3. The van der Waals surface area contributed by atoms with Crippen LogP contribution in [0.4, 0.5) is 0 Å². The molecule has 1 aliphatic rings. The molecule has 3 aromatic rings. The van der Waals surface area contributed by atoms with Crippen LogP contribution >= 0.6 is 11.6 Å². The molecule has 0 atom stereocenters. The topological polar surface area (TPSA) is 79.5 Å². The van der Waals surface area contributed by atoms with Crippen molar-refractivity contribution in [2.24, 2.45) is 0 Å². The average Bonchev–Trinajstić information content (AvgIpc) is 3.17. The van der Waals surface area contributed by atoms with Crippen LogP contribution in [-0.4, -0.2) is 54.0 Å². The molecule has 1 aliphatic heterocycles. The lowest BCUT2D eigenvalue weighted by Gasteiger charge is -2.33. The average molecular weight is 433 g/mol. The zero-order chi connectivity index (χ0) is 20.4. The van der Waals surface area contributed by atoms with Gasteiger partial charge in [-0.1, -0.05) is 35.4 Å². The third-order valence-corrected chi connectivity index (χ3v) is 7.02. The lowest BCUT2D eigenvalue weighted by atomic mass is 10.1. The van der Waals surface area contributed by atoms with Gasteiger partial charge in [-0.3, -0.25) is 4.90 Å². The first-order chi connectivity index (χ1) is 13.9. The molecule has 0 spiro atoms. The maximum Gasteiger partial charge on any atom is 0.247 e. The highest BCUT2D eigenvalue weighted by Crippen LogP contribution is 2.22. The fraction of sp³-hybridized carbons (Fsp3) is 0.300. The number of sulfonamides is 1. The van der Waals surface area contributed by atoms with Crippen LogP contribution in [0.5, 0.6) is 0 Å². The number of hydrogen-bond donors (Lipinski definition) is 0. The van der Waals surface area contributed by atoms with Crippen LogP contribution in [0.15, 0.2) is 57.8 Å². The Morgan fingerprint density at radius 1 is 1.03 bits per heavy atom. The van der Waals surface area contributed by atoms with Gasteiger partial charge < -0.3 is 4.42 Å². The molecule has 0 unspecified atom stereocenters. The highest BCUT2D eigenvalue weighted by Gasteiger charge is 2.29. The lowest BCUT2D eigenvalue weighted by molar-refractivity contribution is 0.168. The predicted octanol–water partition coefficient (Wildman–Crippen LogP) is 3.20. The van der Waals surface area contributed by atoms with Gasteiger partial charge in [-0.05, 0) is 37.3 Å². The molecule has 4 rings (SSSR count). The van der Waals surface area contributed by atoms with Crippen molar-refractivity contribution >= 4 is 21.6 Å². The minimum absolute atomic E-state index is 0.220. The number of benzene rings is 2. The van der Waals surface area contributed by atoms with Gasteiger partial charge in [0.1, 0.15) is 0 Å². The highest BCUT2D eigenvalue weighted by molar-refractivity contribution is 7.89. The van der Waals surface area contributed by atoms with E-state index in [0.29, 0.717) is 49.5 Å². The van der Waals surface area contributed by atoms with E-state index in [9.17, 15) is 8.42 Å². The maximum absolute atomic E-state index is 12.8. The molecule has 0 aliphatic carbocycles. The second kappa shape index (κ2) is 8.23. The van der Waals surface area contributed by atoms with Crippen molar-refractivity contribution in [3.8, 4) is 11.5 Å². The van der Waals surface area contributed by atoms with E-state index in [1.165, 1.54) is 15.9 Å². The van der Waals surface area contributed by atoms with Crippen LogP contribution in [0.2, 0.25) is 5.02 Å². The largest absolute Gasteiger partial charge is 0.419 e. The summed E-state index contributed by atoms with van der Waals surface area (Å²) in [5, 5.41) is 8.66. The molecule has 29 heavy (non-hydrogen) atoms. The Morgan fingerprint density at radius 2 is 1.76 bits per heavy atom. The Morgan fingerprint density at radius 3 is 2.45 bits per heavy atom. The Labute approximate surface area is 175 Å². The van der Waals surface area contributed by atoms with Crippen molar-refractivity contribution in [2.75, 3.05) is 26.2 Å². The predicted molar refractivity (Wildman–Crippen MR) is 110 cm³/mol. The summed E-state index contributed by atoms with van der Waals surface area (Å²) in [5.74, 6) is 1.01. The van der Waals surface area contributed by atoms with Gasteiger partial charge in [0.25, 0.3) is 0 Å². The normalized spacial score (nSPS) is 16.2. The van der Waals surface area contributed by atoms with Crippen molar-refractivity contribution in [2.45, 2.75) is 18.4 Å². The van der Waals surface area contributed by atoms with Crippen molar-refractivity contribution in [3.05, 3.63) is 65.0 Å². The van der Waals surface area contributed by atoms with Crippen molar-refractivity contribution < 1.29 is 12.8 Å². The summed E-state index contributed by atoms with van der Waals surface area (Å²) in [5.41, 5.74) is 2.05. The van der Waals surface area contributed by atoms with Crippen LogP contribution < -0.4 is 0 Å². The van der Waals surface area contributed by atoms with E-state index in [1.807, 2.05) is 31.2 Å². The van der Waals surface area contributed by atoms with E-state index in [0.717, 1.165) is 5.56 Å². The lowest BCUT2D eigenvalue weighted by Crippen LogP contribution is -2.48. The smallest absolute Gasteiger partial charge is 0.247 e. The molecule has 0 amide bonds. The van der Waals surface area contributed by atoms with Gasteiger partial charge in [-0.2, -0.15) is 4.31 Å². The molecule has 2 aromatic carbocycles. The van der Waals surface area contributed by atoms with Crippen LogP contribution in [0.25, 0.3) is 11.5 Å². The van der Waals surface area contributed by atoms with Gasteiger partial charge in [0.2, 0.25) is 21.8 Å². The van der Waals surface area contributed by atoms with E-state index >= 15 is 0 Å².